The molecule has 19 heavy (non-hydrogen) atoms. The average molecular weight is 264 g/mol. The molecule has 1 aliphatic rings. The Morgan fingerprint density at radius 3 is 2.68 bits per heavy atom. The van der Waals surface area contributed by atoms with Crippen LogP contribution in [0.3, 0.4) is 0 Å². The molecule has 5 heteroatoms. The highest BCUT2D eigenvalue weighted by atomic mass is 16.3. The number of hydrogen-bond acceptors (Lipinski definition) is 5. The van der Waals surface area contributed by atoms with Crippen molar-refractivity contribution in [3.8, 4) is 0 Å². The van der Waals surface area contributed by atoms with Crippen LogP contribution in [0.25, 0.3) is 0 Å². The van der Waals surface area contributed by atoms with E-state index in [1.54, 1.807) is 0 Å². The van der Waals surface area contributed by atoms with Crippen LogP contribution in [-0.2, 0) is 0 Å². The van der Waals surface area contributed by atoms with Gasteiger partial charge in [0.2, 0.25) is 0 Å². The van der Waals surface area contributed by atoms with E-state index in [1.165, 1.54) is 32.1 Å². The van der Waals surface area contributed by atoms with E-state index in [1.807, 2.05) is 20.0 Å². The summed E-state index contributed by atoms with van der Waals surface area (Å²) in [6.45, 7) is 2.71. The molecule has 0 radical (unpaired) electrons. The summed E-state index contributed by atoms with van der Waals surface area (Å²) in [5, 5.41) is 12.4. The van der Waals surface area contributed by atoms with Gasteiger partial charge in [0.1, 0.15) is 17.5 Å². The van der Waals surface area contributed by atoms with E-state index >= 15 is 0 Å². The molecule has 1 aromatic rings. The third-order valence-electron chi connectivity index (χ3n) is 3.73. The van der Waals surface area contributed by atoms with Gasteiger partial charge in [0.15, 0.2) is 0 Å². The molecule has 1 aliphatic carbocycles. The van der Waals surface area contributed by atoms with Crippen LogP contribution in [-0.4, -0.2) is 41.3 Å². The summed E-state index contributed by atoms with van der Waals surface area (Å²) >= 11 is 0. The Kier molecular flexibility index (Phi) is 4.96. The Balaban J connectivity index is 2.24. The minimum Gasteiger partial charge on any atom is -0.395 e. The van der Waals surface area contributed by atoms with E-state index in [9.17, 15) is 5.11 Å². The number of aryl methyl sites for hydroxylation is 1. The molecule has 0 spiro atoms. The minimum atomic E-state index is 0.161. The van der Waals surface area contributed by atoms with Crippen molar-refractivity contribution in [2.24, 2.45) is 0 Å². The highest BCUT2D eigenvalue weighted by Crippen LogP contribution is 2.27. The van der Waals surface area contributed by atoms with E-state index in [4.69, 9.17) is 0 Å². The summed E-state index contributed by atoms with van der Waals surface area (Å²) in [5.41, 5.74) is 0. The molecular formula is C14H24N4O. The van der Waals surface area contributed by atoms with E-state index in [0.717, 1.165) is 17.5 Å². The zero-order valence-electron chi connectivity index (χ0n) is 11.9. The predicted octanol–water partition coefficient (Wildman–Crippen LogP) is 1.96. The molecule has 1 heterocycles. The van der Waals surface area contributed by atoms with Crippen molar-refractivity contribution in [3.63, 3.8) is 0 Å². The van der Waals surface area contributed by atoms with Crippen LogP contribution in [0.5, 0.6) is 0 Å². The lowest BCUT2D eigenvalue weighted by Crippen LogP contribution is -2.39. The number of nitrogens with zero attached hydrogens (tertiary/aromatic N) is 3. The Morgan fingerprint density at radius 1 is 1.32 bits per heavy atom. The van der Waals surface area contributed by atoms with Gasteiger partial charge in [0.05, 0.1) is 6.61 Å². The monoisotopic (exact) mass is 264 g/mol. The first-order valence-electron chi connectivity index (χ1n) is 7.15. The fourth-order valence-corrected chi connectivity index (χ4v) is 2.81. The van der Waals surface area contributed by atoms with Gasteiger partial charge in [0, 0.05) is 25.7 Å². The number of hydrogen-bond donors (Lipinski definition) is 2. The van der Waals surface area contributed by atoms with Crippen molar-refractivity contribution in [1.82, 2.24) is 9.97 Å². The van der Waals surface area contributed by atoms with Crippen LogP contribution in [0.2, 0.25) is 0 Å². The Bertz CT molecular complexity index is 404. The largest absolute Gasteiger partial charge is 0.395 e. The number of rotatable bonds is 5. The molecule has 2 rings (SSSR count). The molecule has 0 unspecified atom stereocenters. The highest BCUT2D eigenvalue weighted by molar-refractivity contribution is 5.49. The van der Waals surface area contributed by atoms with Crippen molar-refractivity contribution >= 4 is 11.6 Å². The summed E-state index contributed by atoms with van der Waals surface area (Å²) in [4.78, 5) is 11.1. The molecule has 1 aromatic heterocycles. The van der Waals surface area contributed by atoms with Crippen LogP contribution in [0.15, 0.2) is 6.07 Å². The molecule has 5 nitrogen and oxygen atoms in total. The average Bonchev–Trinajstić information content (AvgIpc) is 2.45. The van der Waals surface area contributed by atoms with E-state index in [-0.39, 0.29) is 6.61 Å². The molecule has 2 N–H and O–H groups in total. The first-order chi connectivity index (χ1) is 9.24. The van der Waals surface area contributed by atoms with Gasteiger partial charge in [-0.05, 0) is 19.8 Å². The topological polar surface area (TPSA) is 61.3 Å². The summed E-state index contributed by atoms with van der Waals surface area (Å²) in [5.74, 6) is 2.53. The number of anilines is 2. The molecule has 106 valence electrons. The summed E-state index contributed by atoms with van der Waals surface area (Å²) in [7, 11) is 1.86. The zero-order valence-corrected chi connectivity index (χ0v) is 11.9. The maximum Gasteiger partial charge on any atom is 0.134 e. The summed E-state index contributed by atoms with van der Waals surface area (Å²) in [6.07, 6.45) is 6.26. The third-order valence-corrected chi connectivity index (χ3v) is 3.73. The number of aliphatic hydroxyl groups excluding tert-OH is 1. The van der Waals surface area contributed by atoms with Crippen LogP contribution in [0, 0.1) is 6.92 Å². The van der Waals surface area contributed by atoms with Gasteiger partial charge in [-0.2, -0.15) is 0 Å². The molecule has 0 bridgehead atoms. The Labute approximate surface area is 115 Å². The lowest BCUT2D eigenvalue weighted by molar-refractivity contribution is 0.289. The smallest absolute Gasteiger partial charge is 0.134 e. The first kappa shape index (κ1) is 14.1. The van der Waals surface area contributed by atoms with Crippen LogP contribution in [0.4, 0.5) is 11.6 Å². The van der Waals surface area contributed by atoms with Crippen LogP contribution in [0.1, 0.15) is 37.9 Å². The maximum atomic E-state index is 9.32. The fourth-order valence-electron chi connectivity index (χ4n) is 2.81. The standard InChI is InChI=1S/C14H24N4O/c1-11-16-13(15-2)10-14(17-11)18(8-9-19)12-6-4-3-5-7-12/h10,12,19H,3-9H2,1-2H3,(H,15,16,17). The lowest BCUT2D eigenvalue weighted by atomic mass is 9.94. The van der Waals surface area contributed by atoms with Gasteiger partial charge >= 0.3 is 0 Å². The highest BCUT2D eigenvalue weighted by Gasteiger charge is 2.22. The van der Waals surface area contributed by atoms with Crippen molar-refractivity contribution in [3.05, 3.63) is 11.9 Å². The van der Waals surface area contributed by atoms with Gasteiger partial charge in [-0.15, -0.1) is 0 Å². The molecule has 0 amide bonds. The van der Waals surface area contributed by atoms with E-state index < -0.39 is 0 Å². The Hall–Kier alpha value is -1.36. The quantitative estimate of drug-likeness (QED) is 0.851. The Morgan fingerprint density at radius 2 is 2.05 bits per heavy atom. The molecule has 1 fully saturated rings. The fraction of sp³-hybridized carbons (Fsp3) is 0.714. The predicted molar refractivity (Wildman–Crippen MR) is 77.6 cm³/mol. The summed E-state index contributed by atoms with van der Waals surface area (Å²) < 4.78 is 0. The molecular weight excluding hydrogens is 240 g/mol. The van der Waals surface area contributed by atoms with Crippen molar-refractivity contribution in [2.75, 3.05) is 30.4 Å². The molecule has 0 atom stereocenters. The van der Waals surface area contributed by atoms with Gasteiger partial charge in [-0.3, -0.25) is 0 Å². The lowest BCUT2D eigenvalue weighted by Gasteiger charge is -2.35. The second-order valence-corrected chi connectivity index (χ2v) is 5.12. The third kappa shape index (κ3) is 3.56. The zero-order chi connectivity index (χ0) is 13.7. The van der Waals surface area contributed by atoms with E-state index in [0.29, 0.717) is 12.6 Å². The second kappa shape index (κ2) is 6.70. The van der Waals surface area contributed by atoms with Crippen molar-refractivity contribution in [1.29, 1.82) is 0 Å². The molecule has 0 aliphatic heterocycles. The molecule has 0 saturated heterocycles. The minimum absolute atomic E-state index is 0.161. The van der Waals surface area contributed by atoms with E-state index in [2.05, 4.69) is 20.2 Å². The SMILES string of the molecule is CNc1cc(N(CCO)C2CCCCC2)nc(C)n1. The summed E-state index contributed by atoms with van der Waals surface area (Å²) in [6, 6.07) is 2.47. The van der Waals surface area contributed by atoms with Crippen LogP contribution >= 0.6 is 0 Å². The normalized spacial score (nSPS) is 16.4. The van der Waals surface area contributed by atoms with Gasteiger partial charge in [0.25, 0.3) is 0 Å². The number of aromatic nitrogens is 2. The number of nitrogens with one attached hydrogen (secondary N) is 1. The van der Waals surface area contributed by atoms with Crippen LogP contribution < -0.4 is 10.2 Å². The first-order valence-corrected chi connectivity index (χ1v) is 7.15. The second-order valence-electron chi connectivity index (χ2n) is 5.12. The van der Waals surface area contributed by atoms with Gasteiger partial charge in [-0.1, -0.05) is 19.3 Å². The maximum absolute atomic E-state index is 9.32. The van der Waals surface area contributed by atoms with Gasteiger partial charge in [-0.25, -0.2) is 9.97 Å². The van der Waals surface area contributed by atoms with Crippen molar-refractivity contribution in [2.45, 2.75) is 45.1 Å². The van der Waals surface area contributed by atoms with Crippen molar-refractivity contribution < 1.29 is 5.11 Å². The molecule has 1 saturated carbocycles. The number of aliphatic hydroxyl groups is 1. The molecule has 0 aromatic carbocycles. The van der Waals surface area contributed by atoms with Gasteiger partial charge < -0.3 is 15.3 Å².